The third-order valence-electron chi connectivity index (χ3n) is 5.26. The molecule has 0 saturated heterocycles. The normalized spacial score (nSPS) is 23.0. The van der Waals surface area contributed by atoms with Gasteiger partial charge in [-0.1, -0.05) is 20.3 Å². The van der Waals surface area contributed by atoms with E-state index in [4.69, 9.17) is 11.6 Å². The molecule has 3 rings (SSSR count). The number of nitrogens with one attached hydrogen (secondary N) is 1. The monoisotopic (exact) mass is 377 g/mol. The van der Waals surface area contributed by atoms with Crippen molar-refractivity contribution in [1.82, 2.24) is 9.97 Å². The Kier molecular flexibility index (Phi) is 5.74. The van der Waals surface area contributed by atoms with Gasteiger partial charge in [-0.25, -0.2) is 9.97 Å². The maximum absolute atomic E-state index is 13.0. The lowest BCUT2D eigenvalue weighted by Crippen LogP contribution is -2.19. The van der Waals surface area contributed by atoms with Gasteiger partial charge in [-0.15, -0.1) is 22.9 Å². The van der Waals surface area contributed by atoms with Crippen LogP contribution in [-0.2, 0) is 5.88 Å². The first-order chi connectivity index (χ1) is 12.0. The molecule has 4 nitrogen and oxygen atoms in total. The number of hydrogen-bond donors (Lipinski definition) is 1. The summed E-state index contributed by atoms with van der Waals surface area (Å²) in [5.74, 6) is 2.47. The second kappa shape index (κ2) is 7.83. The van der Waals surface area contributed by atoms with Crippen LogP contribution < -0.4 is 5.32 Å². The van der Waals surface area contributed by atoms with Crippen molar-refractivity contribution in [3.05, 3.63) is 39.5 Å². The predicted octanol–water partition coefficient (Wildman–Crippen LogP) is 5.05. The molecule has 25 heavy (non-hydrogen) atoms. The Bertz CT molecular complexity index is 761. The fourth-order valence-corrected chi connectivity index (χ4v) is 5.08. The number of ketones is 1. The van der Waals surface area contributed by atoms with Gasteiger partial charge in [-0.05, 0) is 43.2 Å². The third-order valence-corrected chi connectivity index (χ3v) is 6.64. The van der Waals surface area contributed by atoms with Crippen LogP contribution in [0.5, 0.6) is 0 Å². The zero-order valence-corrected chi connectivity index (χ0v) is 16.5. The summed E-state index contributed by atoms with van der Waals surface area (Å²) in [4.78, 5) is 23.1. The van der Waals surface area contributed by atoms with E-state index in [2.05, 4.69) is 29.1 Å². The number of thiophene rings is 1. The lowest BCUT2D eigenvalue weighted by Gasteiger charge is -2.15. The van der Waals surface area contributed by atoms with Crippen LogP contribution in [0.2, 0.25) is 0 Å². The summed E-state index contributed by atoms with van der Waals surface area (Å²) in [7, 11) is 0. The maximum atomic E-state index is 13.0. The lowest BCUT2D eigenvalue weighted by molar-refractivity contribution is 0.104. The molecule has 134 valence electrons. The van der Waals surface area contributed by atoms with E-state index >= 15 is 0 Å². The van der Waals surface area contributed by atoms with Crippen LogP contribution >= 0.6 is 22.9 Å². The van der Waals surface area contributed by atoms with Crippen molar-refractivity contribution < 1.29 is 4.79 Å². The molecule has 2 heterocycles. The molecule has 0 aliphatic heterocycles. The molecule has 0 spiro atoms. The van der Waals surface area contributed by atoms with Crippen molar-refractivity contribution in [3.8, 4) is 0 Å². The summed E-state index contributed by atoms with van der Waals surface area (Å²) in [6, 6.07) is 2.25. The van der Waals surface area contributed by atoms with Crippen LogP contribution in [0.15, 0.2) is 18.6 Å². The van der Waals surface area contributed by atoms with Gasteiger partial charge in [0.05, 0.1) is 10.4 Å². The quantitative estimate of drug-likeness (QED) is 0.565. The standard InChI is InChI=1S/C19H24ClN3OS/c1-4-13-6-15(5-11(13)2)23-19-16(9-21-10-22-19)18(24)17-7-14(8-20)12(3)25-17/h7,9-11,13,15H,4-6,8H2,1-3H3,(H,21,22,23)/t11-,13-,15-/m0/s1. The molecule has 3 atom stereocenters. The van der Waals surface area contributed by atoms with E-state index in [-0.39, 0.29) is 5.78 Å². The summed E-state index contributed by atoms with van der Waals surface area (Å²) in [5.41, 5.74) is 1.55. The number of aromatic nitrogens is 2. The van der Waals surface area contributed by atoms with Gasteiger partial charge in [0.25, 0.3) is 0 Å². The summed E-state index contributed by atoms with van der Waals surface area (Å²) in [6.07, 6.45) is 6.56. The average molecular weight is 378 g/mol. The fraction of sp³-hybridized carbons (Fsp3) is 0.526. The molecular formula is C19H24ClN3OS. The highest BCUT2D eigenvalue weighted by Crippen LogP contribution is 2.36. The van der Waals surface area contributed by atoms with Crippen molar-refractivity contribution in [2.45, 2.75) is 52.0 Å². The molecule has 0 amide bonds. The average Bonchev–Trinajstić information content (AvgIpc) is 3.16. The van der Waals surface area contributed by atoms with Gasteiger partial charge < -0.3 is 5.32 Å². The molecule has 6 heteroatoms. The van der Waals surface area contributed by atoms with Gasteiger partial charge in [-0.2, -0.15) is 0 Å². The van der Waals surface area contributed by atoms with Crippen molar-refractivity contribution >= 4 is 34.5 Å². The predicted molar refractivity (Wildman–Crippen MR) is 104 cm³/mol. The van der Waals surface area contributed by atoms with Gasteiger partial charge >= 0.3 is 0 Å². The Balaban J connectivity index is 1.82. The van der Waals surface area contributed by atoms with E-state index in [0.717, 1.165) is 29.2 Å². The molecule has 0 unspecified atom stereocenters. The van der Waals surface area contributed by atoms with E-state index in [0.29, 0.717) is 34.1 Å². The number of nitrogens with zero attached hydrogens (tertiary/aromatic N) is 2. The Morgan fingerprint density at radius 3 is 2.88 bits per heavy atom. The topological polar surface area (TPSA) is 54.9 Å². The van der Waals surface area contributed by atoms with Crippen LogP contribution in [0, 0.1) is 18.8 Å². The zero-order valence-electron chi connectivity index (χ0n) is 14.9. The Morgan fingerprint density at radius 2 is 2.24 bits per heavy atom. The molecule has 0 aromatic carbocycles. The van der Waals surface area contributed by atoms with Gasteiger partial charge in [0.2, 0.25) is 5.78 Å². The van der Waals surface area contributed by atoms with Crippen LogP contribution in [-0.4, -0.2) is 21.8 Å². The zero-order chi connectivity index (χ0) is 18.0. The number of carbonyl (C=O) groups excluding carboxylic acids is 1. The summed E-state index contributed by atoms with van der Waals surface area (Å²) in [5, 5.41) is 3.50. The molecule has 1 aliphatic rings. The molecule has 0 bridgehead atoms. The first-order valence-electron chi connectivity index (χ1n) is 8.80. The highest BCUT2D eigenvalue weighted by Gasteiger charge is 2.31. The van der Waals surface area contributed by atoms with Crippen molar-refractivity contribution in [2.24, 2.45) is 11.8 Å². The number of carbonyl (C=O) groups is 1. The largest absolute Gasteiger partial charge is 0.367 e. The van der Waals surface area contributed by atoms with Crippen molar-refractivity contribution in [1.29, 1.82) is 0 Å². The Labute approximate surface area is 158 Å². The minimum atomic E-state index is -0.0364. The minimum Gasteiger partial charge on any atom is -0.367 e. The number of rotatable bonds is 6. The smallest absolute Gasteiger partial charge is 0.208 e. The lowest BCUT2D eigenvalue weighted by atomic mass is 9.96. The second-order valence-corrected chi connectivity index (χ2v) is 8.42. The number of anilines is 1. The van der Waals surface area contributed by atoms with Crippen LogP contribution in [0.4, 0.5) is 5.82 Å². The first kappa shape index (κ1) is 18.3. The van der Waals surface area contributed by atoms with E-state index in [1.54, 1.807) is 6.20 Å². The van der Waals surface area contributed by atoms with Crippen LogP contribution in [0.1, 0.15) is 58.8 Å². The summed E-state index contributed by atoms with van der Waals surface area (Å²) >= 11 is 7.42. The summed E-state index contributed by atoms with van der Waals surface area (Å²) < 4.78 is 0. The molecular weight excluding hydrogens is 354 g/mol. The third kappa shape index (κ3) is 3.87. The van der Waals surface area contributed by atoms with Gasteiger partial charge in [0, 0.05) is 23.0 Å². The second-order valence-electron chi connectivity index (χ2n) is 6.90. The van der Waals surface area contributed by atoms with Gasteiger partial charge in [0.1, 0.15) is 12.1 Å². The number of halogens is 1. The SMILES string of the molecule is CC[C@H]1C[C@@H](Nc2ncncc2C(=O)c2cc(CCl)c(C)s2)C[C@@H]1C. The number of alkyl halides is 1. The maximum Gasteiger partial charge on any atom is 0.208 e. The fourth-order valence-electron chi connectivity index (χ4n) is 3.72. The molecule has 1 fully saturated rings. The number of aryl methyl sites for hydroxylation is 1. The number of hydrogen-bond acceptors (Lipinski definition) is 5. The highest BCUT2D eigenvalue weighted by molar-refractivity contribution is 7.14. The van der Waals surface area contributed by atoms with Gasteiger partial charge in [0.15, 0.2) is 0 Å². The van der Waals surface area contributed by atoms with E-state index in [1.807, 2.05) is 13.0 Å². The van der Waals surface area contributed by atoms with Gasteiger partial charge in [-0.3, -0.25) is 4.79 Å². The van der Waals surface area contributed by atoms with E-state index < -0.39 is 0 Å². The first-order valence-corrected chi connectivity index (χ1v) is 10.1. The highest BCUT2D eigenvalue weighted by atomic mass is 35.5. The molecule has 0 radical (unpaired) electrons. The van der Waals surface area contributed by atoms with Crippen molar-refractivity contribution in [2.75, 3.05) is 5.32 Å². The van der Waals surface area contributed by atoms with Crippen molar-refractivity contribution in [3.63, 3.8) is 0 Å². The minimum absolute atomic E-state index is 0.0364. The Morgan fingerprint density at radius 1 is 1.44 bits per heavy atom. The van der Waals surface area contributed by atoms with E-state index in [1.165, 1.54) is 24.1 Å². The molecule has 1 aliphatic carbocycles. The molecule has 1 saturated carbocycles. The molecule has 2 aromatic rings. The van der Waals surface area contributed by atoms with E-state index in [9.17, 15) is 4.79 Å². The molecule has 1 N–H and O–H groups in total. The Hall–Kier alpha value is -1.46. The molecule has 2 aromatic heterocycles. The van der Waals surface area contributed by atoms with Crippen LogP contribution in [0.25, 0.3) is 0 Å². The summed E-state index contributed by atoms with van der Waals surface area (Å²) in [6.45, 7) is 6.55. The van der Waals surface area contributed by atoms with Crippen LogP contribution in [0.3, 0.4) is 0 Å².